The number of rotatable bonds is 3. The largest absolute Gasteiger partial charge is 0.497 e. The Morgan fingerprint density at radius 1 is 1.08 bits per heavy atom. The molecule has 0 amide bonds. The first-order valence-electron chi connectivity index (χ1n) is 6.91. The van der Waals surface area contributed by atoms with Crippen LogP contribution < -0.4 is 10.1 Å². The molecule has 1 atom stereocenters. The van der Waals surface area contributed by atoms with Crippen LogP contribution in [0.25, 0.3) is 0 Å². The molecule has 10 heteroatoms. The molecular formula is C14H17ClF6N2O. The van der Waals surface area contributed by atoms with E-state index < -0.39 is 29.5 Å². The Hall–Kier alpha value is -1.19. The van der Waals surface area contributed by atoms with Crippen molar-refractivity contribution in [2.45, 2.75) is 18.4 Å². The Labute approximate surface area is 141 Å². The van der Waals surface area contributed by atoms with Crippen LogP contribution in [0.15, 0.2) is 18.2 Å². The van der Waals surface area contributed by atoms with Gasteiger partial charge in [0.25, 0.3) is 0 Å². The van der Waals surface area contributed by atoms with E-state index in [-0.39, 0.29) is 31.2 Å². The summed E-state index contributed by atoms with van der Waals surface area (Å²) >= 11 is 0. The van der Waals surface area contributed by atoms with Crippen LogP contribution in [0.1, 0.15) is 17.2 Å². The Bertz CT molecular complexity index is 543. The van der Waals surface area contributed by atoms with Crippen LogP contribution in [0.4, 0.5) is 26.3 Å². The third-order valence-corrected chi connectivity index (χ3v) is 3.69. The average Bonchev–Trinajstić information content (AvgIpc) is 2.46. The number of hydrogen-bond donors (Lipinski definition) is 1. The van der Waals surface area contributed by atoms with Crippen LogP contribution in [0.2, 0.25) is 0 Å². The molecule has 2 rings (SSSR count). The molecule has 0 aliphatic carbocycles. The summed E-state index contributed by atoms with van der Waals surface area (Å²) in [6.07, 6.45) is -9.71. The molecule has 0 bridgehead atoms. The quantitative estimate of drug-likeness (QED) is 0.813. The second kappa shape index (κ2) is 7.79. The summed E-state index contributed by atoms with van der Waals surface area (Å²) in [4.78, 5) is 1.02. The summed E-state index contributed by atoms with van der Waals surface area (Å²) in [6, 6.07) is 0.274. The molecule has 1 fully saturated rings. The maximum Gasteiger partial charge on any atom is 0.416 e. The minimum atomic E-state index is -4.90. The lowest BCUT2D eigenvalue weighted by Crippen LogP contribution is -2.49. The number of alkyl halides is 6. The van der Waals surface area contributed by atoms with Gasteiger partial charge in [-0.25, -0.2) is 0 Å². The number of nitrogens with zero attached hydrogens (tertiary/aromatic N) is 1. The highest BCUT2D eigenvalue weighted by Crippen LogP contribution is 2.44. The second-order valence-corrected chi connectivity index (χ2v) is 5.18. The van der Waals surface area contributed by atoms with Gasteiger partial charge in [-0.05, 0) is 17.7 Å². The molecule has 1 aromatic carbocycles. The van der Waals surface area contributed by atoms with Crippen molar-refractivity contribution in [3.63, 3.8) is 0 Å². The smallest absolute Gasteiger partial charge is 0.416 e. The maximum atomic E-state index is 13.5. The highest BCUT2D eigenvalue weighted by Gasteiger charge is 2.48. The first-order chi connectivity index (χ1) is 10.6. The van der Waals surface area contributed by atoms with E-state index in [1.165, 1.54) is 0 Å². The minimum Gasteiger partial charge on any atom is -0.497 e. The zero-order valence-corrected chi connectivity index (χ0v) is 13.5. The van der Waals surface area contributed by atoms with Gasteiger partial charge in [-0.2, -0.15) is 26.3 Å². The monoisotopic (exact) mass is 378 g/mol. The van der Waals surface area contributed by atoms with Gasteiger partial charge >= 0.3 is 12.4 Å². The second-order valence-electron chi connectivity index (χ2n) is 5.18. The van der Waals surface area contributed by atoms with Gasteiger partial charge in [-0.15, -0.1) is 12.4 Å². The van der Waals surface area contributed by atoms with Crippen LogP contribution >= 0.6 is 12.4 Å². The summed E-state index contributed by atoms with van der Waals surface area (Å²) in [5.74, 6) is -0.137. The van der Waals surface area contributed by atoms with Gasteiger partial charge < -0.3 is 10.1 Å². The average molecular weight is 379 g/mol. The Kier molecular flexibility index (Phi) is 6.77. The highest BCUT2D eigenvalue weighted by molar-refractivity contribution is 5.85. The molecule has 0 spiro atoms. The first-order valence-corrected chi connectivity index (χ1v) is 6.91. The van der Waals surface area contributed by atoms with Gasteiger partial charge in [0.2, 0.25) is 0 Å². The van der Waals surface area contributed by atoms with E-state index >= 15 is 0 Å². The highest BCUT2D eigenvalue weighted by atomic mass is 35.5. The maximum absolute atomic E-state index is 13.5. The van der Waals surface area contributed by atoms with Crippen LogP contribution in [0.5, 0.6) is 5.75 Å². The van der Waals surface area contributed by atoms with Gasteiger partial charge in [-0.3, -0.25) is 4.90 Å². The molecule has 1 heterocycles. The van der Waals surface area contributed by atoms with Crippen molar-refractivity contribution in [3.05, 3.63) is 29.3 Å². The van der Waals surface area contributed by atoms with E-state index in [0.29, 0.717) is 19.2 Å². The predicted octanol–water partition coefficient (Wildman–Crippen LogP) is 3.64. The van der Waals surface area contributed by atoms with E-state index in [9.17, 15) is 26.3 Å². The van der Waals surface area contributed by atoms with E-state index in [4.69, 9.17) is 4.74 Å². The van der Waals surface area contributed by atoms with Gasteiger partial charge in [-0.1, -0.05) is 6.07 Å². The van der Waals surface area contributed by atoms with E-state index in [0.717, 1.165) is 24.1 Å². The number of methoxy groups -OCH3 is 1. The molecule has 24 heavy (non-hydrogen) atoms. The molecule has 1 saturated heterocycles. The summed E-state index contributed by atoms with van der Waals surface area (Å²) < 4.78 is 84.8. The van der Waals surface area contributed by atoms with Crippen molar-refractivity contribution in [2.24, 2.45) is 0 Å². The molecule has 1 aliphatic heterocycles. The van der Waals surface area contributed by atoms with Crippen LogP contribution in [-0.2, 0) is 6.18 Å². The fourth-order valence-electron chi connectivity index (χ4n) is 2.67. The summed E-state index contributed by atoms with van der Waals surface area (Å²) in [6.45, 7) is 0.634. The van der Waals surface area contributed by atoms with Crippen LogP contribution in [-0.4, -0.2) is 44.4 Å². The molecule has 3 nitrogen and oxygen atoms in total. The standard InChI is InChI=1S/C14H16F6N2O.ClH/c1-23-9-2-3-10(11(8-9)13(15,16)17)12(14(18,19)20)22-6-4-21-5-7-22;/h2-3,8,12,21H,4-7H2,1H3;1H/t12-;/m1./s1. The van der Waals surface area contributed by atoms with Crippen molar-refractivity contribution in [1.29, 1.82) is 0 Å². The molecule has 0 saturated carbocycles. The van der Waals surface area contributed by atoms with Gasteiger partial charge in [0, 0.05) is 26.2 Å². The van der Waals surface area contributed by atoms with Gasteiger partial charge in [0.05, 0.1) is 12.7 Å². The molecule has 1 aliphatic rings. The number of nitrogens with one attached hydrogen (secondary N) is 1. The normalized spacial score (nSPS) is 18.0. The zero-order valence-electron chi connectivity index (χ0n) is 12.7. The summed E-state index contributed by atoms with van der Waals surface area (Å²) in [7, 11) is 1.16. The lowest BCUT2D eigenvalue weighted by Gasteiger charge is -2.37. The topological polar surface area (TPSA) is 24.5 Å². The molecular weight excluding hydrogens is 362 g/mol. The van der Waals surface area contributed by atoms with Crippen molar-refractivity contribution in [2.75, 3.05) is 33.3 Å². The number of hydrogen-bond acceptors (Lipinski definition) is 3. The zero-order chi connectivity index (χ0) is 17.3. The minimum absolute atomic E-state index is 0. The van der Waals surface area contributed by atoms with Crippen molar-refractivity contribution >= 4 is 12.4 Å². The van der Waals surface area contributed by atoms with Crippen LogP contribution in [0.3, 0.4) is 0 Å². The molecule has 1 aromatic rings. The fourth-order valence-corrected chi connectivity index (χ4v) is 2.67. The third kappa shape index (κ3) is 4.67. The van der Waals surface area contributed by atoms with Crippen LogP contribution in [0, 0.1) is 0 Å². The SMILES string of the molecule is COc1ccc([C@@H](N2CCNCC2)C(F)(F)F)c(C(F)(F)F)c1.Cl. The number of piperazine rings is 1. The molecule has 1 N–H and O–H groups in total. The fraction of sp³-hybridized carbons (Fsp3) is 0.571. The van der Waals surface area contributed by atoms with Crippen molar-refractivity contribution in [3.8, 4) is 5.75 Å². The van der Waals surface area contributed by atoms with E-state index in [1.807, 2.05) is 0 Å². The Balaban J connectivity index is 0.00000288. The van der Waals surface area contributed by atoms with E-state index in [2.05, 4.69) is 5.32 Å². The van der Waals surface area contributed by atoms with Crippen molar-refractivity contribution < 1.29 is 31.1 Å². The predicted molar refractivity (Wildman–Crippen MR) is 78.5 cm³/mol. The van der Waals surface area contributed by atoms with Gasteiger partial charge in [0.1, 0.15) is 11.8 Å². The number of ether oxygens (including phenoxy) is 1. The lowest BCUT2D eigenvalue weighted by molar-refractivity contribution is -0.190. The molecule has 138 valence electrons. The first kappa shape index (κ1) is 20.9. The third-order valence-electron chi connectivity index (χ3n) is 3.69. The van der Waals surface area contributed by atoms with Crippen molar-refractivity contribution in [1.82, 2.24) is 10.2 Å². The Morgan fingerprint density at radius 2 is 1.67 bits per heavy atom. The molecule has 0 unspecified atom stereocenters. The summed E-state index contributed by atoms with van der Waals surface area (Å²) in [5.41, 5.74) is -2.12. The van der Waals surface area contributed by atoms with Gasteiger partial charge in [0.15, 0.2) is 0 Å². The lowest BCUT2D eigenvalue weighted by atomic mass is 9.97. The molecule has 0 aromatic heterocycles. The Morgan fingerprint density at radius 3 is 2.12 bits per heavy atom. The molecule has 0 radical (unpaired) electrons. The number of halogens is 7. The summed E-state index contributed by atoms with van der Waals surface area (Å²) in [5, 5.41) is 2.88. The number of benzene rings is 1. The van der Waals surface area contributed by atoms with E-state index in [1.54, 1.807) is 0 Å².